The molecule has 0 aromatic carbocycles. The molecule has 2 aromatic rings. The van der Waals surface area contributed by atoms with Crippen molar-refractivity contribution in [1.29, 1.82) is 0 Å². The van der Waals surface area contributed by atoms with Crippen LogP contribution in [0.3, 0.4) is 0 Å². The summed E-state index contributed by atoms with van der Waals surface area (Å²) in [6.07, 6.45) is 4.06. The Morgan fingerprint density at radius 2 is 2.00 bits per heavy atom. The van der Waals surface area contributed by atoms with E-state index in [0.717, 1.165) is 17.0 Å². The van der Waals surface area contributed by atoms with Gasteiger partial charge in [-0.25, -0.2) is 13.1 Å². The van der Waals surface area contributed by atoms with Crippen LogP contribution in [-0.2, 0) is 23.0 Å². The van der Waals surface area contributed by atoms with Crippen molar-refractivity contribution in [3.05, 3.63) is 46.4 Å². The van der Waals surface area contributed by atoms with Crippen LogP contribution in [0.5, 0.6) is 0 Å². The lowest BCUT2D eigenvalue weighted by atomic mass is 10.2. The van der Waals surface area contributed by atoms with Gasteiger partial charge in [0.25, 0.3) is 0 Å². The van der Waals surface area contributed by atoms with Crippen molar-refractivity contribution < 1.29 is 8.42 Å². The highest BCUT2D eigenvalue weighted by Crippen LogP contribution is 2.21. The SMILES string of the molecule is CCNCc1sccc1S(=O)(=O)NCCc1ccncc1. The van der Waals surface area contributed by atoms with E-state index in [1.165, 1.54) is 11.3 Å². The van der Waals surface area contributed by atoms with Gasteiger partial charge in [0.05, 0.1) is 4.90 Å². The Morgan fingerprint density at radius 1 is 1.24 bits per heavy atom. The zero-order valence-electron chi connectivity index (χ0n) is 11.9. The average molecular weight is 325 g/mol. The summed E-state index contributed by atoms with van der Waals surface area (Å²) >= 11 is 1.46. The van der Waals surface area contributed by atoms with Crippen LogP contribution in [0.2, 0.25) is 0 Å². The second kappa shape index (κ2) is 7.65. The molecule has 0 aliphatic heterocycles. The van der Waals surface area contributed by atoms with E-state index < -0.39 is 10.0 Å². The predicted molar refractivity (Wildman–Crippen MR) is 84.8 cm³/mol. The summed E-state index contributed by atoms with van der Waals surface area (Å²) in [4.78, 5) is 5.16. The third kappa shape index (κ3) is 4.60. The molecular weight excluding hydrogens is 306 g/mol. The molecule has 0 saturated carbocycles. The van der Waals surface area contributed by atoms with Gasteiger partial charge in [0, 0.05) is 30.4 Å². The Hall–Kier alpha value is -1.28. The Labute approximate surface area is 129 Å². The molecule has 0 aliphatic rings. The van der Waals surface area contributed by atoms with E-state index in [1.807, 2.05) is 24.4 Å². The largest absolute Gasteiger partial charge is 0.312 e. The normalized spacial score (nSPS) is 11.7. The van der Waals surface area contributed by atoms with E-state index in [-0.39, 0.29) is 0 Å². The fourth-order valence-corrected chi connectivity index (χ4v) is 4.34. The third-order valence-corrected chi connectivity index (χ3v) is 5.58. The van der Waals surface area contributed by atoms with Gasteiger partial charge in [0.15, 0.2) is 0 Å². The highest BCUT2D eigenvalue weighted by molar-refractivity contribution is 7.89. The molecule has 0 aliphatic carbocycles. The minimum Gasteiger partial charge on any atom is -0.312 e. The van der Waals surface area contributed by atoms with Crippen LogP contribution in [0.1, 0.15) is 17.4 Å². The monoisotopic (exact) mass is 325 g/mol. The van der Waals surface area contributed by atoms with Crippen LogP contribution >= 0.6 is 11.3 Å². The van der Waals surface area contributed by atoms with Crippen molar-refractivity contribution in [2.45, 2.75) is 24.8 Å². The maximum absolute atomic E-state index is 12.3. The fourth-order valence-electron chi connectivity index (χ4n) is 1.89. The number of sulfonamides is 1. The highest BCUT2D eigenvalue weighted by Gasteiger charge is 2.18. The molecule has 21 heavy (non-hydrogen) atoms. The molecule has 2 heterocycles. The molecule has 7 heteroatoms. The number of hydrogen-bond donors (Lipinski definition) is 2. The maximum Gasteiger partial charge on any atom is 0.241 e. The van der Waals surface area contributed by atoms with E-state index >= 15 is 0 Å². The van der Waals surface area contributed by atoms with Gasteiger partial charge >= 0.3 is 0 Å². The van der Waals surface area contributed by atoms with Gasteiger partial charge in [-0.15, -0.1) is 11.3 Å². The van der Waals surface area contributed by atoms with Gasteiger partial charge in [-0.05, 0) is 42.1 Å². The Balaban J connectivity index is 1.97. The lowest BCUT2D eigenvalue weighted by molar-refractivity contribution is 0.580. The topological polar surface area (TPSA) is 71.1 Å². The van der Waals surface area contributed by atoms with Crippen molar-refractivity contribution in [3.8, 4) is 0 Å². The summed E-state index contributed by atoms with van der Waals surface area (Å²) in [5.74, 6) is 0. The maximum atomic E-state index is 12.3. The Morgan fingerprint density at radius 3 is 2.71 bits per heavy atom. The number of hydrogen-bond acceptors (Lipinski definition) is 5. The first-order chi connectivity index (χ1) is 10.1. The number of rotatable bonds is 8. The molecule has 0 saturated heterocycles. The predicted octanol–water partition coefficient (Wildman–Crippen LogP) is 1.77. The van der Waals surface area contributed by atoms with Gasteiger partial charge in [-0.1, -0.05) is 6.92 Å². The first kappa shape index (κ1) is 16.1. The Kier molecular flexibility index (Phi) is 5.86. The smallest absolute Gasteiger partial charge is 0.241 e. The molecule has 0 radical (unpaired) electrons. The average Bonchev–Trinajstić information content (AvgIpc) is 2.95. The van der Waals surface area contributed by atoms with Crippen LogP contribution in [0, 0.1) is 0 Å². The molecule has 0 bridgehead atoms. The standard InChI is InChI=1S/C14H19N3O2S2/c1-2-15-11-13-14(6-10-20-13)21(18,19)17-9-5-12-3-7-16-8-4-12/h3-4,6-8,10,15,17H,2,5,9,11H2,1H3. The molecule has 5 nitrogen and oxygen atoms in total. The first-order valence-corrected chi connectivity index (χ1v) is 9.15. The highest BCUT2D eigenvalue weighted by atomic mass is 32.2. The van der Waals surface area contributed by atoms with Gasteiger partial charge in [-0.3, -0.25) is 4.98 Å². The molecule has 0 atom stereocenters. The van der Waals surface area contributed by atoms with Gasteiger partial charge in [-0.2, -0.15) is 0 Å². The molecule has 114 valence electrons. The molecule has 2 N–H and O–H groups in total. The quantitative estimate of drug-likeness (QED) is 0.776. The summed E-state index contributed by atoms with van der Waals surface area (Å²) in [5, 5.41) is 4.97. The Bertz CT molecular complexity index is 654. The van der Waals surface area contributed by atoms with Crippen molar-refractivity contribution >= 4 is 21.4 Å². The van der Waals surface area contributed by atoms with Crippen molar-refractivity contribution in [2.75, 3.05) is 13.1 Å². The second-order valence-electron chi connectivity index (χ2n) is 4.49. The zero-order chi connectivity index (χ0) is 15.1. The van der Waals surface area contributed by atoms with Gasteiger partial charge < -0.3 is 5.32 Å². The first-order valence-electron chi connectivity index (χ1n) is 6.79. The van der Waals surface area contributed by atoms with E-state index in [1.54, 1.807) is 18.5 Å². The molecule has 2 aromatic heterocycles. The summed E-state index contributed by atoms with van der Waals surface area (Å²) in [5.41, 5.74) is 1.06. The van der Waals surface area contributed by atoms with Crippen LogP contribution < -0.4 is 10.0 Å². The van der Waals surface area contributed by atoms with E-state index in [2.05, 4.69) is 15.0 Å². The summed E-state index contributed by atoms with van der Waals surface area (Å²) in [7, 11) is -3.44. The zero-order valence-corrected chi connectivity index (χ0v) is 13.5. The minimum atomic E-state index is -3.44. The van der Waals surface area contributed by atoms with Gasteiger partial charge in [0.2, 0.25) is 10.0 Å². The molecule has 0 fully saturated rings. The van der Waals surface area contributed by atoms with Crippen LogP contribution in [0.15, 0.2) is 40.9 Å². The van der Waals surface area contributed by atoms with Crippen LogP contribution in [0.25, 0.3) is 0 Å². The van der Waals surface area contributed by atoms with Crippen LogP contribution in [-0.4, -0.2) is 26.5 Å². The summed E-state index contributed by atoms with van der Waals surface area (Å²) < 4.78 is 27.3. The number of aromatic nitrogens is 1. The lowest BCUT2D eigenvalue weighted by Gasteiger charge is -2.08. The molecule has 0 spiro atoms. The molecule has 0 amide bonds. The third-order valence-electron chi connectivity index (χ3n) is 2.98. The number of nitrogens with zero attached hydrogens (tertiary/aromatic N) is 1. The second-order valence-corrected chi connectivity index (χ2v) is 7.23. The van der Waals surface area contributed by atoms with E-state index in [0.29, 0.717) is 24.4 Å². The number of nitrogens with one attached hydrogen (secondary N) is 2. The summed E-state index contributed by atoms with van der Waals surface area (Å²) in [6, 6.07) is 5.43. The number of thiophene rings is 1. The van der Waals surface area contributed by atoms with E-state index in [9.17, 15) is 8.42 Å². The lowest BCUT2D eigenvalue weighted by Crippen LogP contribution is -2.27. The minimum absolute atomic E-state index is 0.378. The molecule has 2 rings (SSSR count). The van der Waals surface area contributed by atoms with Gasteiger partial charge in [0.1, 0.15) is 0 Å². The summed E-state index contributed by atoms with van der Waals surface area (Å²) in [6.45, 7) is 3.76. The fraction of sp³-hybridized carbons (Fsp3) is 0.357. The van der Waals surface area contributed by atoms with Crippen LogP contribution in [0.4, 0.5) is 0 Å². The van der Waals surface area contributed by atoms with Crippen molar-refractivity contribution in [2.24, 2.45) is 0 Å². The van der Waals surface area contributed by atoms with Crippen molar-refractivity contribution in [1.82, 2.24) is 15.0 Å². The number of pyridine rings is 1. The van der Waals surface area contributed by atoms with E-state index in [4.69, 9.17) is 0 Å². The molecule has 0 unspecified atom stereocenters. The van der Waals surface area contributed by atoms with Crippen molar-refractivity contribution in [3.63, 3.8) is 0 Å². The molecular formula is C14H19N3O2S2.